The van der Waals surface area contributed by atoms with Crippen LogP contribution in [0.25, 0.3) is 0 Å². The summed E-state index contributed by atoms with van der Waals surface area (Å²) >= 11 is 5.65. The first-order chi connectivity index (χ1) is 7.99. The zero-order chi connectivity index (χ0) is 13.0. The van der Waals surface area contributed by atoms with Gasteiger partial charge in [0.2, 0.25) is 11.8 Å². The minimum Gasteiger partial charge on any atom is -0.464 e. The second-order valence-electron chi connectivity index (χ2n) is 3.94. The summed E-state index contributed by atoms with van der Waals surface area (Å²) in [6, 6.07) is -0.803. The van der Waals surface area contributed by atoms with Gasteiger partial charge in [-0.15, -0.1) is 11.6 Å². The van der Waals surface area contributed by atoms with Gasteiger partial charge in [0, 0.05) is 6.42 Å². The highest BCUT2D eigenvalue weighted by Gasteiger charge is 2.42. The van der Waals surface area contributed by atoms with Crippen LogP contribution in [0, 0.1) is 0 Å². The highest BCUT2D eigenvalue weighted by molar-refractivity contribution is 6.31. The summed E-state index contributed by atoms with van der Waals surface area (Å²) in [7, 11) is 0. The highest BCUT2D eigenvalue weighted by Crippen LogP contribution is 2.22. The molecule has 0 saturated carbocycles. The molecule has 1 saturated heterocycles. The molecule has 0 bridgehead atoms. The average molecular weight is 262 g/mol. The van der Waals surface area contributed by atoms with Gasteiger partial charge < -0.3 is 4.74 Å². The number of ether oxygens (including phenoxy) is 1. The van der Waals surface area contributed by atoms with Gasteiger partial charge >= 0.3 is 5.97 Å². The lowest BCUT2D eigenvalue weighted by Crippen LogP contribution is -2.46. The topological polar surface area (TPSA) is 63.7 Å². The number of esters is 1. The van der Waals surface area contributed by atoms with Crippen LogP contribution >= 0.6 is 11.6 Å². The van der Waals surface area contributed by atoms with E-state index in [9.17, 15) is 14.4 Å². The number of likely N-dealkylation sites (tertiary alicyclic amines) is 1. The maximum atomic E-state index is 11.7. The second-order valence-corrected chi connectivity index (χ2v) is 4.59. The fourth-order valence-electron chi connectivity index (χ4n) is 1.67. The Morgan fingerprint density at radius 2 is 2.24 bits per heavy atom. The maximum absolute atomic E-state index is 11.7. The fourth-order valence-corrected chi connectivity index (χ4v) is 1.78. The van der Waals surface area contributed by atoms with Crippen molar-refractivity contribution in [1.29, 1.82) is 0 Å². The van der Waals surface area contributed by atoms with E-state index in [1.165, 1.54) is 6.92 Å². The van der Waals surface area contributed by atoms with Crippen LogP contribution < -0.4 is 0 Å². The summed E-state index contributed by atoms with van der Waals surface area (Å²) in [6.07, 6.45) is 1.20. The van der Waals surface area contributed by atoms with Crippen molar-refractivity contribution in [2.45, 2.75) is 44.5 Å². The summed E-state index contributed by atoms with van der Waals surface area (Å²) in [6.45, 7) is 3.64. The molecule has 1 fully saturated rings. The van der Waals surface area contributed by atoms with E-state index < -0.39 is 23.3 Å². The van der Waals surface area contributed by atoms with Crippen molar-refractivity contribution in [3.8, 4) is 0 Å². The predicted octanol–water partition coefficient (Wildman–Crippen LogP) is 1.08. The minimum absolute atomic E-state index is 0.182. The van der Waals surface area contributed by atoms with Gasteiger partial charge in [0.15, 0.2) is 0 Å². The van der Waals surface area contributed by atoms with Crippen LogP contribution in [0.15, 0.2) is 0 Å². The molecule has 2 amide bonds. The van der Waals surface area contributed by atoms with Crippen molar-refractivity contribution in [2.75, 3.05) is 6.61 Å². The van der Waals surface area contributed by atoms with Crippen molar-refractivity contribution in [1.82, 2.24) is 4.90 Å². The fraction of sp³-hybridized carbons (Fsp3) is 0.727. The Bertz CT molecular complexity index is 329. The third-order valence-corrected chi connectivity index (χ3v) is 2.70. The number of hydrogen-bond acceptors (Lipinski definition) is 4. The number of hydrogen-bond donors (Lipinski definition) is 0. The molecular formula is C11H16ClNO4. The van der Waals surface area contributed by atoms with Crippen LogP contribution in [-0.4, -0.2) is 40.7 Å². The molecule has 0 spiro atoms. The van der Waals surface area contributed by atoms with Crippen LogP contribution in [0.5, 0.6) is 0 Å². The van der Waals surface area contributed by atoms with Gasteiger partial charge in [-0.25, -0.2) is 4.79 Å². The van der Waals surface area contributed by atoms with Crippen LogP contribution in [0.3, 0.4) is 0 Å². The summed E-state index contributed by atoms with van der Waals surface area (Å²) in [5.74, 6) is -1.42. The standard InChI is InChI=1S/C11H16ClNO4/c1-3-6-17-11(16)8-4-5-9(14)13(8)10(15)7(2)12/h7-8H,3-6H2,1-2H3/t7?,8-/m0/s1. The molecule has 6 heteroatoms. The van der Waals surface area contributed by atoms with Gasteiger partial charge in [0.25, 0.3) is 0 Å². The van der Waals surface area contributed by atoms with Crippen LogP contribution in [0.4, 0.5) is 0 Å². The highest BCUT2D eigenvalue weighted by atomic mass is 35.5. The zero-order valence-corrected chi connectivity index (χ0v) is 10.7. The molecule has 0 radical (unpaired) electrons. The number of alkyl halides is 1. The van der Waals surface area contributed by atoms with E-state index >= 15 is 0 Å². The Balaban J connectivity index is 2.74. The van der Waals surface area contributed by atoms with Crippen molar-refractivity contribution in [3.05, 3.63) is 0 Å². The molecule has 1 heterocycles. The lowest BCUT2D eigenvalue weighted by molar-refractivity contribution is -0.157. The molecule has 0 aromatic carbocycles. The van der Waals surface area contributed by atoms with Crippen LogP contribution in [0.1, 0.15) is 33.1 Å². The largest absolute Gasteiger partial charge is 0.464 e. The number of halogens is 1. The first-order valence-electron chi connectivity index (χ1n) is 5.65. The second kappa shape index (κ2) is 6.00. The Kier molecular flexibility index (Phi) is 4.93. The van der Waals surface area contributed by atoms with Crippen LogP contribution in [-0.2, 0) is 19.1 Å². The van der Waals surface area contributed by atoms with E-state index in [2.05, 4.69) is 0 Å². The Morgan fingerprint density at radius 3 is 2.76 bits per heavy atom. The zero-order valence-electron chi connectivity index (χ0n) is 9.94. The lowest BCUT2D eigenvalue weighted by Gasteiger charge is -2.22. The minimum atomic E-state index is -0.821. The number of nitrogens with zero attached hydrogens (tertiary/aromatic N) is 1. The van der Waals surface area contributed by atoms with E-state index in [1.54, 1.807) is 0 Å². The normalized spacial score (nSPS) is 21.5. The summed E-state index contributed by atoms with van der Waals surface area (Å²) in [5.41, 5.74) is 0. The average Bonchev–Trinajstić information content (AvgIpc) is 2.66. The molecule has 1 rings (SSSR count). The first-order valence-corrected chi connectivity index (χ1v) is 6.09. The van der Waals surface area contributed by atoms with E-state index in [0.717, 1.165) is 4.90 Å². The Morgan fingerprint density at radius 1 is 1.59 bits per heavy atom. The lowest BCUT2D eigenvalue weighted by atomic mass is 10.2. The quantitative estimate of drug-likeness (QED) is 0.561. The smallest absolute Gasteiger partial charge is 0.329 e. The molecule has 5 nitrogen and oxygen atoms in total. The number of rotatable bonds is 4. The molecule has 0 N–H and O–H groups in total. The first kappa shape index (κ1) is 14.0. The molecule has 96 valence electrons. The SMILES string of the molecule is CCCOC(=O)[C@@H]1CCC(=O)N1C(=O)C(C)Cl. The van der Waals surface area contributed by atoms with Gasteiger partial charge in [0.1, 0.15) is 11.4 Å². The van der Waals surface area contributed by atoms with Gasteiger partial charge in [-0.3, -0.25) is 14.5 Å². The third kappa shape index (κ3) is 3.19. The van der Waals surface area contributed by atoms with Gasteiger partial charge in [0.05, 0.1) is 6.61 Å². The number of carbonyl (C=O) groups excluding carboxylic acids is 3. The Hall–Kier alpha value is -1.10. The van der Waals surface area contributed by atoms with Gasteiger partial charge in [-0.05, 0) is 19.8 Å². The van der Waals surface area contributed by atoms with Crippen molar-refractivity contribution in [3.63, 3.8) is 0 Å². The molecule has 2 atom stereocenters. The monoisotopic (exact) mass is 261 g/mol. The number of carbonyl (C=O) groups is 3. The van der Waals surface area contributed by atoms with E-state index in [1.807, 2.05) is 6.92 Å². The van der Waals surface area contributed by atoms with Crippen molar-refractivity contribution >= 4 is 29.4 Å². The van der Waals surface area contributed by atoms with Gasteiger partial charge in [-0.2, -0.15) is 0 Å². The van der Waals surface area contributed by atoms with E-state index in [-0.39, 0.29) is 12.3 Å². The number of amides is 2. The molecule has 17 heavy (non-hydrogen) atoms. The Labute approximate surface area is 105 Å². The molecular weight excluding hydrogens is 246 g/mol. The predicted molar refractivity (Wildman–Crippen MR) is 61.4 cm³/mol. The molecule has 0 aromatic rings. The van der Waals surface area contributed by atoms with E-state index in [0.29, 0.717) is 19.4 Å². The molecule has 1 unspecified atom stereocenters. The molecule has 1 aliphatic rings. The van der Waals surface area contributed by atoms with Crippen molar-refractivity contribution < 1.29 is 19.1 Å². The van der Waals surface area contributed by atoms with E-state index in [4.69, 9.17) is 16.3 Å². The molecule has 0 aromatic heterocycles. The molecule has 1 aliphatic heterocycles. The van der Waals surface area contributed by atoms with Crippen LogP contribution in [0.2, 0.25) is 0 Å². The summed E-state index contributed by atoms with van der Waals surface area (Å²) in [4.78, 5) is 35.9. The number of imide groups is 1. The summed E-state index contributed by atoms with van der Waals surface area (Å²) < 4.78 is 4.96. The maximum Gasteiger partial charge on any atom is 0.329 e. The van der Waals surface area contributed by atoms with Crippen molar-refractivity contribution in [2.24, 2.45) is 0 Å². The van der Waals surface area contributed by atoms with Gasteiger partial charge in [-0.1, -0.05) is 6.92 Å². The molecule has 0 aliphatic carbocycles. The summed E-state index contributed by atoms with van der Waals surface area (Å²) in [5, 5.41) is -0.821. The third-order valence-electron chi connectivity index (χ3n) is 2.51.